The lowest BCUT2D eigenvalue weighted by atomic mass is 10.1. The molecule has 2 aromatic heterocycles. The van der Waals surface area contributed by atoms with Gasteiger partial charge in [0, 0.05) is 37.1 Å². The zero-order chi connectivity index (χ0) is 23.8. The monoisotopic (exact) mass is 453 g/mol. The van der Waals surface area contributed by atoms with Gasteiger partial charge in [0.2, 0.25) is 5.91 Å². The number of alkyl halides is 3. The second kappa shape index (κ2) is 8.38. The number of fused-ring (bicyclic) bond motifs is 1. The predicted molar refractivity (Wildman–Crippen MR) is 117 cm³/mol. The number of halogens is 3. The second-order valence-electron chi connectivity index (χ2n) is 7.31. The zero-order valence-electron chi connectivity index (χ0n) is 17.6. The molecule has 4 aromatic rings. The first kappa shape index (κ1) is 22.0. The van der Waals surface area contributed by atoms with E-state index in [0.717, 1.165) is 17.7 Å². The molecule has 0 saturated carbocycles. The van der Waals surface area contributed by atoms with Crippen LogP contribution in [0.4, 0.5) is 24.5 Å². The van der Waals surface area contributed by atoms with E-state index in [1.807, 2.05) is 12.1 Å². The summed E-state index contributed by atoms with van der Waals surface area (Å²) in [5.41, 5.74) is 2.28. The Morgan fingerprint density at radius 2 is 1.64 bits per heavy atom. The lowest BCUT2D eigenvalue weighted by molar-refractivity contribution is -0.137. The van der Waals surface area contributed by atoms with Crippen LogP contribution in [0.15, 0.2) is 67.1 Å². The fourth-order valence-electron chi connectivity index (χ4n) is 3.30. The standard InChI is InChI=1S/C23H18F3N5O2/c1-14(32)29-17-7-3-15(4-8-17)20-11-28-21-12-27-19(13-31(20)21)22(33)30(2)18-9-5-16(6-10-18)23(24,25)26/h3-13H,1-2H3,(H,29,32). The second-order valence-corrected chi connectivity index (χ2v) is 7.31. The largest absolute Gasteiger partial charge is 0.416 e. The van der Waals surface area contributed by atoms with E-state index >= 15 is 0 Å². The molecule has 1 N–H and O–H groups in total. The fraction of sp³-hybridized carbons (Fsp3) is 0.130. The van der Waals surface area contributed by atoms with Crippen molar-refractivity contribution in [3.63, 3.8) is 0 Å². The van der Waals surface area contributed by atoms with Gasteiger partial charge >= 0.3 is 6.18 Å². The van der Waals surface area contributed by atoms with Crippen molar-refractivity contribution in [3.8, 4) is 11.3 Å². The highest BCUT2D eigenvalue weighted by Gasteiger charge is 2.30. The van der Waals surface area contributed by atoms with Crippen molar-refractivity contribution in [2.24, 2.45) is 0 Å². The van der Waals surface area contributed by atoms with E-state index in [1.54, 1.807) is 22.7 Å². The van der Waals surface area contributed by atoms with Gasteiger partial charge in [0.1, 0.15) is 5.69 Å². The Morgan fingerprint density at radius 1 is 0.970 bits per heavy atom. The Hall–Kier alpha value is -4.21. The number of benzene rings is 2. The molecular formula is C23H18F3N5O2. The van der Waals surface area contributed by atoms with Gasteiger partial charge in [0.15, 0.2) is 5.65 Å². The highest BCUT2D eigenvalue weighted by Crippen LogP contribution is 2.30. The number of anilines is 2. The molecule has 33 heavy (non-hydrogen) atoms. The van der Waals surface area contributed by atoms with Crippen LogP contribution in [0, 0.1) is 0 Å². The number of amides is 2. The number of nitrogens with one attached hydrogen (secondary N) is 1. The van der Waals surface area contributed by atoms with Crippen LogP contribution in [0.25, 0.3) is 16.9 Å². The Bertz CT molecular complexity index is 1330. The van der Waals surface area contributed by atoms with Crippen molar-refractivity contribution in [3.05, 3.63) is 78.4 Å². The van der Waals surface area contributed by atoms with Crippen LogP contribution in [-0.4, -0.2) is 33.2 Å². The van der Waals surface area contributed by atoms with Crippen LogP contribution in [0.1, 0.15) is 23.0 Å². The van der Waals surface area contributed by atoms with Gasteiger partial charge in [-0.2, -0.15) is 13.2 Å². The van der Waals surface area contributed by atoms with Gasteiger partial charge in [-0.25, -0.2) is 9.97 Å². The third-order valence-corrected chi connectivity index (χ3v) is 5.00. The highest BCUT2D eigenvalue weighted by molar-refractivity contribution is 6.04. The van der Waals surface area contributed by atoms with Gasteiger partial charge in [0.25, 0.3) is 5.91 Å². The number of imidazole rings is 1. The average molecular weight is 453 g/mol. The molecule has 0 bridgehead atoms. The van der Waals surface area contributed by atoms with Gasteiger partial charge < -0.3 is 10.2 Å². The summed E-state index contributed by atoms with van der Waals surface area (Å²) in [5.74, 6) is -0.665. The van der Waals surface area contributed by atoms with E-state index in [0.29, 0.717) is 22.7 Å². The molecule has 168 valence electrons. The predicted octanol–water partition coefficient (Wildman–Crippen LogP) is 4.65. The van der Waals surface area contributed by atoms with Crippen molar-refractivity contribution in [2.45, 2.75) is 13.1 Å². The number of hydrogen-bond donors (Lipinski definition) is 1. The van der Waals surface area contributed by atoms with Crippen LogP contribution in [0.2, 0.25) is 0 Å². The smallest absolute Gasteiger partial charge is 0.326 e. The van der Waals surface area contributed by atoms with Crippen molar-refractivity contribution in [1.82, 2.24) is 14.4 Å². The minimum atomic E-state index is -4.45. The molecule has 0 atom stereocenters. The van der Waals surface area contributed by atoms with Gasteiger partial charge in [0.05, 0.1) is 23.7 Å². The van der Waals surface area contributed by atoms with E-state index in [9.17, 15) is 22.8 Å². The lowest BCUT2D eigenvalue weighted by Crippen LogP contribution is -2.27. The molecular weight excluding hydrogens is 435 g/mol. The van der Waals surface area contributed by atoms with Crippen LogP contribution in [-0.2, 0) is 11.0 Å². The maximum absolute atomic E-state index is 13.0. The van der Waals surface area contributed by atoms with E-state index in [2.05, 4.69) is 15.3 Å². The third kappa shape index (κ3) is 4.54. The summed E-state index contributed by atoms with van der Waals surface area (Å²) in [6.45, 7) is 1.42. The minimum Gasteiger partial charge on any atom is -0.326 e. The van der Waals surface area contributed by atoms with E-state index in [4.69, 9.17) is 0 Å². The summed E-state index contributed by atoms with van der Waals surface area (Å²) < 4.78 is 40.1. The van der Waals surface area contributed by atoms with Crippen molar-refractivity contribution >= 4 is 28.8 Å². The van der Waals surface area contributed by atoms with Gasteiger partial charge in [-0.05, 0) is 36.4 Å². The summed E-state index contributed by atoms with van der Waals surface area (Å²) in [4.78, 5) is 33.9. The Kier molecular flexibility index (Phi) is 5.59. The molecule has 2 amide bonds. The number of carbonyl (C=O) groups excluding carboxylic acids is 2. The number of hydrogen-bond acceptors (Lipinski definition) is 4. The molecule has 0 aliphatic rings. The van der Waals surface area contributed by atoms with Crippen LogP contribution in [0.3, 0.4) is 0 Å². The SMILES string of the molecule is CC(=O)Nc1ccc(-c2cnc3cnc(C(=O)N(C)c4ccc(C(F)(F)F)cc4)cn23)cc1. The fourth-order valence-corrected chi connectivity index (χ4v) is 3.30. The number of aromatic nitrogens is 3. The molecule has 10 heteroatoms. The van der Waals surface area contributed by atoms with Gasteiger partial charge in [-0.1, -0.05) is 12.1 Å². The molecule has 0 aliphatic heterocycles. The molecule has 0 fully saturated rings. The number of rotatable bonds is 4. The van der Waals surface area contributed by atoms with E-state index < -0.39 is 17.6 Å². The summed E-state index contributed by atoms with van der Waals surface area (Å²) >= 11 is 0. The van der Waals surface area contributed by atoms with Crippen molar-refractivity contribution < 1.29 is 22.8 Å². The zero-order valence-corrected chi connectivity index (χ0v) is 17.6. The molecule has 2 heterocycles. The van der Waals surface area contributed by atoms with E-state index in [-0.39, 0.29) is 11.6 Å². The maximum Gasteiger partial charge on any atom is 0.416 e. The normalized spacial score (nSPS) is 11.4. The Morgan fingerprint density at radius 3 is 2.24 bits per heavy atom. The van der Waals surface area contributed by atoms with Gasteiger partial charge in [-0.3, -0.25) is 14.0 Å². The van der Waals surface area contributed by atoms with Crippen LogP contribution < -0.4 is 10.2 Å². The third-order valence-electron chi connectivity index (χ3n) is 5.00. The summed E-state index contributed by atoms with van der Waals surface area (Å²) in [6, 6.07) is 11.4. The lowest BCUT2D eigenvalue weighted by Gasteiger charge is -2.18. The first-order valence-electron chi connectivity index (χ1n) is 9.80. The Balaban J connectivity index is 1.62. The molecule has 0 saturated heterocycles. The molecule has 0 aliphatic carbocycles. The maximum atomic E-state index is 13.0. The van der Waals surface area contributed by atoms with Gasteiger partial charge in [-0.15, -0.1) is 0 Å². The average Bonchev–Trinajstić information content (AvgIpc) is 3.21. The van der Waals surface area contributed by atoms with Crippen molar-refractivity contribution in [1.29, 1.82) is 0 Å². The van der Waals surface area contributed by atoms with E-state index in [1.165, 1.54) is 43.4 Å². The number of carbonyl (C=O) groups is 2. The molecule has 2 aromatic carbocycles. The van der Waals surface area contributed by atoms with Crippen LogP contribution >= 0.6 is 0 Å². The first-order valence-corrected chi connectivity index (χ1v) is 9.80. The van der Waals surface area contributed by atoms with Crippen LogP contribution in [0.5, 0.6) is 0 Å². The Labute approximate surface area is 186 Å². The molecule has 0 spiro atoms. The minimum absolute atomic E-state index is 0.0963. The summed E-state index contributed by atoms with van der Waals surface area (Å²) in [6.07, 6.45) is 0.162. The molecule has 7 nitrogen and oxygen atoms in total. The summed E-state index contributed by atoms with van der Waals surface area (Å²) in [5, 5.41) is 2.69. The molecule has 0 unspecified atom stereocenters. The quantitative estimate of drug-likeness (QED) is 0.488. The number of nitrogens with zero attached hydrogens (tertiary/aromatic N) is 4. The topological polar surface area (TPSA) is 79.6 Å². The first-order chi connectivity index (χ1) is 15.6. The summed E-state index contributed by atoms with van der Waals surface area (Å²) in [7, 11) is 1.46. The molecule has 4 rings (SSSR count). The molecule has 0 radical (unpaired) electrons. The highest BCUT2D eigenvalue weighted by atomic mass is 19.4. The van der Waals surface area contributed by atoms with Crippen molar-refractivity contribution in [2.75, 3.05) is 17.3 Å².